The molecule has 4 nitrogen and oxygen atoms in total. The third-order valence-electron chi connectivity index (χ3n) is 4.68. The maximum atomic E-state index is 12.6. The van der Waals surface area contributed by atoms with Crippen molar-refractivity contribution >= 4 is 16.7 Å². The predicted molar refractivity (Wildman–Crippen MR) is 105 cm³/mol. The number of ether oxygens (including phenoxy) is 1. The molecular formula is C23H18F3N2O2+. The number of carbonyl (C=O) groups is 1. The van der Waals surface area contributed by atoms with E-state index < -0.39 is 12.1 Å². The molecule has 30 heavy (non-hydrogen) atoms. The largest absolute Gasteiger partial charge is 0.573 e. The number of hydrogen-bond donors (Lipinski definition) is 0. The van der Waals surface area contributed by atoms with Crippen molar-refractivity contribution in [1.82, 2.24) is 4.57 Å². The Bertz CT molecular complexity index is 1180. The summed E-state index contributed by atoms with van der Waals surface area (Å²) in [5, 5.41) is 0.968. The van der Waals surface area contributed by atoms with Crippen LogP contribution in [0.15, 0.2) is 85.3 Å². The maximum Gasteiger partial charge on any atom is 0.573 e. The van der Waals surface area contributed by atoms with Gasteiger partial charge in [-0.25, -0.2) is 4.57 Å². The van der Waals surface area contributed by atoms with E-state index in [4.69, 9.17) is 0 Å². The Morgan fingerprint density at radius 3 is 2.57 bits per heavy atom. The van der Waals surface area contributed by atoms with E-state index in [9.17, 15) is 18.0 Å². The zero-order chi connectivity index (χ0) is 21.1. The molecule has 0 aliphatic heterocycles. The van der Waals surface area contributed by atoms with Crippen LogP contribution in [0, 0.1) is 0 Å². The van der Waals surface area contributed by atoms with Gasteiger partial charge in [0.2, 0.25) is 0 Å². The Kier molecular flexibility index (Phi) is 5.27. The lowest BCUT2D eigenvalue weighted by Crippen LogP contribution is -2.33. The Morgan fingerprint density at radius 2 is 1.80 bits per heavy atom. The molecule has 0 radical (unpaired) electrons. The average molecular weight is 411 g/mol. The van der Waals surface area contributed by atoms with Gasteiger partial charge in [-0.1, -0.05) is 42.5 Å². The quantitative estimate of drug-likeness (QED) is 0.339. The summed E-state index contributed by atoms with van der Waals surface area (Å²) in [4.78, 5) is 12.6. The van der Waals surface area contributed by atoms with Gasteiger partial charge in [0.1, 0.15) is 5.75 Å². The molecule has 4 rings (SSSR count). The Morgan fingerprint density at radius 1 is 1.00 bits per heavy atom. The van der Waals surface area contributed by atoms with E-state index in [0.29, 0.717) is 0 Å². The van der Waals surface area contributed by atoms with Gasteiger partial charge in [0, 0.05) is 23.4 Å². The van der Waals surface area contributed by atoms with Gasteiger partial charge in [0.15, 0.2) is 24.7 Å². The number of hydrogen-bond acceptors (Lipinski definition) is 2. The molecule has 4 aromatic rings. The fourth-order valence-electron chi connectivity index (χ4n) is 3.33. The second kappa shape index (κ2) is 8.02. The molecule has 0 fully saturated rings. The normalized spacial score (nSPS) is 11.6. The average Bonchev–Trinajstić information content (AvgIpc) is 3.09. The minimum Gasteiger partial charge on any atom is -0.406 e. The lowest BCUT2D eigenvalue weighted by molar-refractivity contribution is -0.687. The number of Topliss-reactive ketones (excluding diaryl/α,β-unsaturated/α-hetero) is 1. The second-order valence-corrected chi connectivity index (χ2v) is 6.89. The molecule has 0 atom stereocenters. The summed E-state index contributed by atoms with van der Waals surface area (Å²) in [5.74, 6) is -0.714. The molecule has 7 heteroatoms. The zero-order valence-electron chi connectivity index (χ0n) is 15.8. The van der Waals surface area contributed by atoms with Gasteiger partial charge in [0.05, 0.1) is 17.4 Å². The van der Waals surface area contributed by atoms with Gasteiger partial charge in [-0.15, -0.1) is 13.2 Å². The number of fused-ring (bicyclic) bond motifs is 1. The number of nitrogens with zero attached hydrogens (tertiary/aromatic N) is 2. The third-order valence-corrected chi connectivity index (χ3v) is 4.68. The van der Waals surface area contributed by atoms with Crippen LogP contribution < -0.4 is 9.30 Å². The summed E-state index contributed by atoms with van der Waals surface area (Å²) in [6.45, 7) is 0.745. The van der Waals surface area contributed by atoms with Crippen LogP contribution in [0.1, 0.15) is 15.9 Å². The lowest BCUT2D eigenvalue weighted by Gasteiger charge is -2.10. The summed E-state index contributed by atoms with van der Waals surface area (Å²) in [5.41, 5.74) is 2.21. The maximum absolute atomic E-state index is 12.6. The van der Waals surface area contributed by atoms with Crippen LogP contribution in [-0.4, -0.2) is 16.7 Å². The first-order valence-corrected chi connectivity index (χ1v) is 9.28. The van der Waals surface area contributed by atoms with Gasteiger partial charge >= 0.3 is 6.36 Å². The van der Waals surface area contributed by atoms with Crippen molar-refractivity contribution in [3.8, 4) is 5.75 Å². The molecule has 2 aromatic heterocycles. The summed E-state index contributed by atoms with van der Waals surface area (Å²) >= 11 is 0. The van der Waals surface area contributed by atoms with Crippen molar-refractivity contribution < 1.29 is 27.3 Å². The van der Waals surface area contributed by atoms with Crippen LogP contribution in [0.4, 0.5) is 13.2 Å². The van der Waals surface area contributed by atoms with Crippen LogP contribution in [0.5, 0.6) is 5.75 Å². The number of aromatic nitrogens is 2. The fourth-order valence-corrected chi connectivity index (χ4v) is 3.33. The van der Waals surface area contributed by atoms with E-state index in [-0.39, 0.29) is 17.9 Å². The van der Waals surface area contributed by atoms with Gasteiger partial charge in [-0.2, -0.15) is 0 Å². The molecule has 0 unspecified atom stereocenters. The monoisotopic (exact) mass is 411 g/mol. The number of carbonyl (C=O) groups excluding carboxylic acids is 1. The van der Waals surface area contributed by atoms with Gasteiger partial charge in [0.25, 0.3) is 0 Å². The van der Waals surface area contributed by atoms with Crippen molar-refractivity contribution in [3.05, 3.63) is 96.4 Å². The van der Waals surface area contributed by atoms with Crippen molar-refractivity contribution in [1.29, 1.82) is 0 Å². The van der Waals surface area contributed by atoms with Crippen molar-refractivity contribution in [2.24, 2.45) is 0 Å². The molecule has 152 valence electrons. The highest BCUT2D eigenvalue weighted by molar-refractivity contribution is 5.97. The molecular weight excluding hydrogens is 393 g/mol. The van der Waals surface area contributed by atoms with Crippen LogP contribution in [-0.2, 0) is 13.1 Å². The zero-order valence-corrected chi connectivity index (χ0v) is 15.8. The molecule has 0 aliphatic carbocycles. The van der Waals surface area contributed by atoms with Crippen LogP contribution in [0.3, 0.4) is 0 Å². The van der Waals surface area contributed by atoms with Crippen molar-refractivity contribution in [2.45, 2.75) is 19.5 Å². The molecule has 2 heterocycles. The smallest absolute Gasteiger partial charge is 0.406 e. The molecule has 0 aliphatic rings. The summed E-state index contributed by atoms with van der Waals surface area (Å²) in [6, 6.07) is 19.0. The number of halogens is 3. The van der Waals surface area contributed by atoms with Gasteiger partial charge < -0.3 is 9.30 Å². The second-order valence-electron chi connectivity index (χ2n) is 6.89. The first-order valence-electron chi connectivity index (χ1n) is 9.28. The van der Waals surface area contributed by atoms with Gasteiger partial charge in [-0.05, 0) is 18.2 Å². The van der Waals surface area contributed by atoms with E-state index in [1.165, 1.54) is 23.8 Å². The third kappa shape index (κ3) is 4.68. The van der Waals surface area contributed by atoms with E-state index in [0.717, 1.165) is 23.5 Å². The predicted octanol–water partition coefficient (Wildman–Crippen LogP) is 4.76. The molecule has 0 amide bonds. The van der Waals surface area contributed by atoms with E-state index in [2.05, 4.69) is 21.4 Å². The minimum absolute atomic E-state index is 0.0155. The number of alkyl halides is 3. The first kappa shape index (κ1) is 19.7. The molecule has 2 aromatic carbocycles. The number of ketones is 1. The van der Waals surface area contributed by atoms with Crippen molar-refractivity contribution in [2.75, 3.05) is 0 Å². The highest BCUT2D eigenvalue weighted by Gasteiger charge is 2.31. The molecule has 0 N–H and O–H groups in total. The van der Waals surface area contributed by atoms with E-state index >= 15 is 0 Å². The van der Waals surface area contributed by atoms with Crippen LogP contribution in [0.2, 0.25) is 0 Å². The topological polar surface area (TPSA) is 35.1 Å². The van der Waals surface area contributed by atoms with Gasteiger partial charge in [-0.3, -0.25) is 4.79 Å². The molecule has 0 saturated heterocycles. The molecule has 0 spiro atoms. The Balaban J connectivity index is 1.51. The highest BCUT2D eigenvalue weighted by atomic mass is 19.4. The lowest BCUT2D eigenvalue weighted by atomic mass is 10.1. The van der Waals surface area contributed by atoms with Crippen LogP contribution >= 0.6 is 0 Å². The highest BCUT2D eigenvalue weighted by Crippen LogP contribution is 2.24. The summed E-state index contributed by atoms with van der Waals surface area (Å²) in [7, 11) is 0. The Hall–Kier alpha value is -3.61. The number of rotatable bonds is 6. The molecule has 0 saturated carbocycles. The minimum atomic E-state index is -4.80. The SMILES string of the molecule is O=C(Cn1ccc2c[n+](Cc3ccccc3)ccc21)c1cccc(OC(F)(F)F)c1. The summed E-state index contributed by atoms with van der Waals surface area (Å²) in [6.07, 6.45) is 0.939. The fraction of sp³-hybridized carbons (Fsp3) is 0.130. The summed E-state index contributed by atoms with van der Waals surface area (Å²) < 4.78 is 45.0. The van der Waals surface area contributed by atoms with Crippen LogP contribution in [0.25, 0.3) is 10.9 Å². The molecule has 0 bridgehead atoms. The standard InChI is InChI=1S/C23H18F3N2O2/c24-23(25,26)30-20-8-4-7-18(13-20)22(29)16-28-12-9-19-15-27(11-10-21(19)28)14-17-5-2-1-3-6-17/h1-13,15H,14,16H2/q+1. The Labute approximate surface area is 170 Å². The van der Waals surface area contributed by atoms with E-state index in [1.54, 1.807) is 10.8 Å². The number of pyridine rings is 1. The number of benzene rings is 2. The van der Waals surface area contributed by atoms with Crippen molar-refractivity contribution in [3.63, 3.8) is 0 Å². The van der Waals surface area contributed by atoms with E-state index in [1.807, 2.05) is 42.7 Å². The first-order chi connectivity index (χ1) is 14.4.